The van der Waals surface area contributed by atoms with Crippen molar-refractivity contribution in [3.8, 4) is 0 Å². The molecule has 0 spiro atoms. The first-order chi connectivity index (χ1) is 8.06. The van der Waals surface area contributed by atoms with Crippen LogP contribution in [0.1, 0.15) is 37.9 Å². The van der Waals surface area contributed by atoms with Crippen molar-refractivity contribution in [2.24, 2.45) is 5.92 Å². The molecule has 0 aromatic heterocycles. The van der Waals surface area contributed by atoms with Crippen LogP contribution in [0.15, 0.2) is 24.3 Å². The van der Waals surface area contributed by atoms with E-state index >= 15 is 0 Å². The molecule has 1 N–H and O–H groups in total. The molecule has 1 unspecified atom stereocenters. The molecule has 0 saturated heterocycles. The largest absolute Gasteiger partial charge is 0.383 e. The second-order valence-corrected chi connectivity index (χ2v) is 5.05. The Labute approximate surface area is 105 Å². The molecule has 0 aliphatic heterocycles. The van der Waals surface area contributed by atoms with E-state index in [0.717, 1.165) is 6.61 Å². The molecule has 0 aliphatic rings. The van der Waals surface area contributed by atoms with E-state index in [-0.39, 0.29) is 0 Å². The van der Waals surface area contributed by atoms with Gasteiger partial charge in [-0.1, -0.05) is 38.1 Å². The van der Waals surface area contributed by atoms with Gasteiger partial charge in [0.2, 0.25) is 0 Å². The van der Waals surface area contributed by atoms with Crippen molar-refractivity contribution >= 4 is 0 Å². The van der Waals surface area contributed by atoms with E-state index < -0.39 is 0 Å². The molecule has 17 heavy (non-hydrogen) atoms. The highest BCUT2D eigenvalue weighted by Crippen LogP contribution is 2.18. The van der Waals surface area contributed by atoms with Crippen LogP contribution in [0.3, 0.4) is 0 Å². The third kappa shape index (κ3) is 4.14. The molecule has 0 bridgehead atoms. The quantitative estimate of drug-likeness (QED) is 0.816. The Balaban J connectivity index is 2.70. The number of nitrogens with one attached hydrogen (secondary N) is 1. The second-order valence-electron chi connectivity index (χ2n) is 5.05. The zero-order valence-electron chi connectivity index (χ0n) is 11.7. The highest BCUT2D eigenvalue weighted by Gasteiger charge is 2.17. The summed E-state index contributed by atoms with van der Waals surface area (Å²) in [5.41, 5.74) is 2.71. The standard InChI is InChI=1S/C15H25NO/c1-11(2)15(10-17-5)16-13(4)14-9-7-6-8-12(14)3/h6-9,11,13,15-16H,10H2,1-5H3/t13-,15?/m0/s1. The van der Waals surface area contributed by atoms with Gasteiger partial charge in [0.25, 0.3) is 0 Å². The lowest BCUT2D eigenvalue weighted by Gasteiger charge is -2.27. The molecule has 0 radical (unpaired) electrons. The smallest absolute Gasteiger partial charge is 0.0618 e. The van der Waals surface area contributed by atoms with Crippen molar-refractivity contribution in [3.05, 3.63) is 35.4 Å². The topological polar surface area (TPSA) is 21.3 Å². The molecule has 2 heteroatoms. The lowest BCUT2D eigenvalue weighted by Crippen LogP contribution is -2.39. The summed E-state index contributed by atoms with van der Waals surface area (Å²) in [6, 6.07) is 9.29. The molecule has 2 atom stereocenters. The van der Waals surface area contributed by atoms with Gasteiger partial charge in [0, 0.05) is 19.2 Å². The fourth-order valence-corrected chi connectivity index (χ4v) is 2.10. The lowest BCUT2D eigenvalue weighted by atomic mass is 9.99. The minimum atomic E-state index is 0.360. The number of ether oxygens (including phenoxy) is 1. The van der Waals surface area contributed by atoms with Gasteiger partial charge in [0.15, 0.2) is 0 Å². The van der Waals surface area contributed by atoms with Gasteiger partial charge in [-0.15, -0.1) is 0 Å². The first-order valence-corrected chi connectivity index (χ1v) is 6.36. The predicted molar refractivity (Wildman–Crippen MR) is 73.2 cm³/mol. The summed E-state index contributed by atoms with van der Waals surface area (Å²) in [6.45, 7) is 9.58. The van der Waals surface area contributed by atoms with Crippen LogP contribution in [0.5, 0.6) is 0 Å². The summed E-state index contributed by atoms with van der Waals surface area (Å²) in [5, 5.41) is 3.65. The van der Waals surface area contributed by atoms with E-state index in [2.05, 4.69) is 57.3 Å². The number of rotatable bonds is 6. The molecule has 2 nitrogen and oxygen atoms in total. The Morgan fingerprint density at radius 2 is 1.82 bits per heavy atom. The summed E-state index contributed by atoms with van der Waals surface area (Å²) in [4.78, 5) is 0. The van der Waals surface area contributed by atoms with Gasteiger partial charge in [-0.2, -0.15) is 0 Å². The first kappa shape index (κ1) is 14.2. The third-order valence-corrected chi connectivity index (χ3v) is 3.27. The maximum Gasteiger partial charge on any atom is 0.0618 e. The Hall–Kier alpha value is -0.860. The van der Waals surface area contributed by atoms with Crippen LogP contribution in [0.2, 0.25) is 0 Å². The molecule has 1 rings (SSSR count). The molecule has 0 amide bonds. The zero-order valence-corrected chi connectivity index (χ0v) is 11.7. The molecule has 0 saturated carbocycles. The molecule has 0 heterocycles. The van der Waals surface area contributed by atoms with Gasteiger partial charge in [-0.3, -0.25) is 0 Å². The van der Waals surface area contributed by atoms with Gasteiger partial charge in [-0.25, -0.2) is 0 Å². The third-order valence-electron chi connectivity index (χ3n) is 3.27. The summed E-state index contributed by atoms with van der Waals surface area (Å²) >= 11 is 0. The fourth-order valence-electron chi connectivity index (χ4n) is 2.10. The lowest BCUT2D eigenvalue weighted by molar-refractivity contribution is 0.141. The Morgan fingerprint density at radius 1 is 1.18 bits per heavy atom. The maximum atomic E-state index is 5.27. The van der Waals surface area contributed by atoms with Crippen molar-refractivity contribution < 1.29 is 4.74 Å². The number of aryl methyl sites for hydroxylation is 1. The van der Waals surface area contributed by atoms with Gasteiger partial charge in [0.1, 0.15) is 0 Å². The van der Waals surface area contributed by atoms with Crippen LogP contribution >= 0.6 is 0 Å². The highest BCUT2D eigenvalue weighted by molar-refractivity contribution is 5.28. The van der Waals surface area contributed by atoms with Gasteiger partial charge >= 0.3 is 0 Å². The average molecular weight is 235 g/mol. The second kappa shape index (κ2) is 6.77. The number of benzene rings is 1. The van der Waals surface area contributed by atoms with Crippen molar-refractivity contribution in [1.29, 1.82) is 0 Å². The maximum absolute atomic E-state index is 5.27. The van der Waals surface area contributed by atoms with E-state index in [1.54, 1.807) is 7.11 Å². The molecular weight excluding hydrogens is 210 g/mol. The van der Waals surface area contributed by atoms with Crippen LogP contribution in [-0.4, -0.2) is 19.8 Å². The van der Waals surface area contributed by atoms with Gasteiger partial charge in [0.05, 0.1) is 6.61 Å². The van der Waals surface area contributed by atoms with Crippen molar-refractivity contribution in [3.63, 3.8) is 0 Å². The van der Waals surface area contributed by atoms with E-state index in [1.165, 1.54) is 11.1 Å². The van der Waals surface area contributed by atoms with E-state index in [1.807, 2.05) is 0 Å². The van der Waals surface area contributed by atoms with E-state index in [4.69, 9.17) is 4.74 Å². The first-order valence-electron chi connectivity index (χ1n) is 6.36. The summed E-state index contributed by atoms with van der Waals surface area (Å²) in [7, 11) is 1.76. The van der Waals surface area contributed by atoms with Crippen LogP contribution in [0.25, 0.3) is 0 Å². The number of hydrogen-bond acceptors (Lipinski definition) is 2. The van der Waals surface area contributed by atoms with E-state index in [0.29, 0.717) is 18.0 Å². The van der Waals surface area contributed by atoms with Crippen molar-refractivity contribution in [2.45, 2.75) is 39.8 Å². The molecule has 1 aromatic carbocycles. The van der Waals surface area contributed by atoms with Crippen LogP contribution in [-0.2, 0) is 4.74 Å². The monoisotopic (exact) mass is 235 g/mol. The molecule has 1 aromatic rings. The highest BCUT2D eigenvalue weighted by atomic mass is 16.5. The normalized spacial score (nSPS) is 14.9. The Bertz CT molecular complexity index is 335. The van der Waals surface area contributed by atoms with Crippen molar-refractivity contribution in [1.82, 2.24) is 5.32 Å². The van der Waals surface area contributed by atoms with Crippen LogP contribution in [0, 0.1) is 12.8 Å². The molecule has 0 fully saturated rings. The Kier molecular flexibility index (Phi) is 5.66. The number of hydrogen-bond donors (Lipinski definition) is 1. The Morgan fingerprint density at radius 3 is 2.35 bits per heavy atom. The predicted octanol–water partition coefficient (Wildman–Crippen LogP) is 3.32. The summed E-state index contributed by atoms with van der Waals surface area (Å²) < 4.78 is 5.27. The molecule has 0 aliphatic carbocycles. The summed E-state index contributed by atoms with van der Waals surface area (Å²) in [5.74, 6) is 0.571. The zero-order chi connectivity index (χ0) is 12.8. The van der Waals surface area contributed by atoms with E-state index in [9.17, 15) is 0 Å². The van der Waals surface area contributed by atoms with Crippen LogP contribution in [0.4, 0.5) is 0 Å². The molecular formula is C15H25NO. The van der Waals surface area contributed by atoms with Gasteiger partial charge in [-0.05, 0) is 30.9 Å². The average Bonchev–Trinajstić information content (AvgIpc) is 2.28. The fraction of sp³-hybridized carbons (Fsp3) is 0.600. The summed E-state index contributed by atoms with van der Waals surface area (Å²) in [6.07, 6.45) is 0. The molecule has 96 valence electrons. The van der Waals surface area contributed by atoms with Crippen molar-refractivity contribution in [2.75, 3.05) is 13.7 Å². The van der Waals surface area contributed by atoms with Crippen LogP contribution < -0.4 is 5.32 Å². The SMILES string of the molecule is COCC(N[C@@H](C)c1ccccc1C)C(C)C. The minimum absolute atomic E-state index is 0.360. The number of methoxy groups -OCH3 is 1. The minimum Gasteiger partial charge on any atom is -0.383 e. The van der Waals surface area contributed by atoms with Gasteiger partial charge < -0.3 is 10.1 Å².